The lowest BCUT2D eigenvalue weighted by atomic mass is 9.99. The van der Waals surface area contributed by atoms with Crippen LogP contribution in [0.15, 0.2) is 34.9 Å². The highest BCUT2D eigenvalue weighted by Gasteiger charge is 2.23. The average Bonchev–Trinajstić information content (AvgIpc) is 2.76. The van der Waals surface area contributed by atoms with Gasteiger partial charge in [-0.1, -0.05) is 30.3 Å². The fourth-order valence-corrected chi connectivity index (χ4v) is 3.39. The van der Waals surface area contributed by atoms with Gasteiger partial charge in [-0.2, -0.15) is 0 Å². The minimum atomic E-state index is 0.507. The highest BCUT2D eigenvalue weighted by atomic mass is 79.9. The van der Waals surface area contributed by atoms with Gasteiger partial charge in [-0.25, -0.2) is 4.98 Å². The quantitative estimate of drug-likeness (QED) is 0.842. The summed E-state index contributed by atoms with van der Waals surface area (Å²) in [6, 6.07) is 10.4. The molecule has 1 aromatic heterocycles. The van der Waals surface area contributed by atoms with Gasteiger partial charge in [0.2, 0.25) is 0 Å². The van der Waals surface area contributed by atoms with Gasteiger partial charge in [-0.3, -0.25) is 0 Å². The zero-order valence-corrected chi connectivity index (χ0v) is 12.6. The molecule has 0 N–H and O–H groups in total. The predicted molar refractivity (Wildman–Crippen MR) is 79.1 cm³/mol. The average molecular weight is 321 g/mol. The van der Waals surface area contributed by atoms with Crippen molar-refractivity contribution in [1.82, 2.24) is 9.55 Å². The molecule has 2 heterocycles. The van der Waals surface area contributed by atoms with E-state index in [4.69, 9.17) is 9.72 Å². The van der Waals surface area contributed by atoms with Crippen LogP contribution in [0.2, 0.25) is 0 Å². The SMILES string of the molecule is Cn1c(C2CCOCC2)nc(Br)c1-c1ccccc1. The van der Waals surface area contributed by atoms with Crippen molar-refractivity contribution < 1.29 is 4.74 Å². The Morgan fingerprint density at radius 3 is 2.58 bits per heavy atom. The Kier molecular flexibility index (Phi) is 3.71. The molecule has 1 aliphatic heterocycles. The number of aromatic nitrogens is 2. The number of hydrogen-bond acceptors (Lipinski definition) is 2. The van der Waals surface area contributed by atoms with E-state index < -0.39 is 0 Å². The Balaban J connectivity index is 2.00. The summed E-state index contributed by atoms with van der Waals surface area (Å²) in [6.45, 7) is 1.69. The minimum Gasteiger partial charge on any atom is -0.381 e. The largest absolute Gasteiger partial charge is 0.381 e. The van der Waals surface area contributed by atoms with Crippen LogP contribution in [0.4, 0.5) is 0 Å². The van der Waals surface area contributed by atoms with Crippen LogP contribution in [0.5, 0.6) is 0 Å². The molecule has 1 fully saturated rings. The Morgan fingerprint density at radius 1 is 1.21 bits per heavy atom. The van der Waals surface area contributed by atoms with Gasteiger partial charge in [-0.05, 0) is 28.8 Å². The molecule has 0 radical (unpaired) electrons. The van der Waals surface area contributed by atoms with E-state index in [9.17, 15) is 0 Å². The fraction of sp³-hybridized carbons (Fsp3) is 0.400. The van der Waals surface area contributed by atoms with Crippen molar-refractivity contribution in [3.63, 3.8) is 0 Å². The number of ether oxygens (including phenoxy) is 1. The number of nitrogens with zero attached hydrogens (tertiary/aromatic N) is 2. The van der Waals surface area contributed by atoms with E-state index in [2.05, 4.69) is 51.8 Å². The first-order valence-corrected chi connectivity index (χ1v) is 7.42. The van der Waals surface area contributed by atoms with Crippen LogP contribution in [0, 0.1) is 0 Å². The van der Waals surface area contributed by atoms with Gasteiger partial charge in [0.05, 0.1) is 5.69 Å². The molecule has 0 amide bonds. The molecule has 4 heteroatoms. The molecule has 3 rings (SSSR count). The van der Waals surface area contributed by atoms with Crippen LogP contribution in [0.1, 0.15) is 24.6 Å². The maximum Gasteiger partial charge on any atom is 0.132 e. The Morgan fingerprint density at radius 2 is 1.89 bits per heavy atom. The van der Waals surface area contributed by atoms with E-state index in [1.165, 1.54) is 5.56 Å². The van der Waals surface area contributed by atoms with E-state index in [0.717, 1.165) is 42.2 Å². The Bertz CT molecular complexity index is 559. The second-order valence-electron chi connectivity index (χ2n) is 4.92. The summed E-state index contributed by atoms with van der Waals surface area (Å²) >= 11 is 3.61. The van der Waals surface area contributed by atoms with Crippen LogP contribution in [-0.4, -0.2) is 22.8 Å². The lowest BCUT2D eigenvalue weighted by Gasteiger charge is -2.21. The van der Waals surface area contributed by atoms with Gasteiger partial charge >= 0.3 is 0 Å². The molecule has 1 aliphatic rings. The van der Waals surface area contributed by atoms with E-state index in [-0.39, 0.29) is 0 Å². The first kappa shape index (κ1) is 12.9. The van der Waals surface area contributed by atoms with Crippen molar-refractivity contribution in [3.05, 3.63) is 40.8 Å². The molecule has 19 heavy (non-hydrogen) atoms. The molecule has 100 valence electrons. The zero-order chi connectivity index (χ0) is 13.2. The summed E-state index contributed by atoms with van der Waals surface area (Å²) in [5.74, 6) is 1.67. The molecule has 1 saturated heterocycles. The van der Waals surface area contributed by atoms with Crippen LogP contribution in [0.25, 0.3) is 11.3 Å². The van der Waals surface area contributed by atoms with E-state index in [1.54, 1.807) is 0 Å². The fourth-order valence-electron chi connectivity index (χ4n) is 2.71. The highest BCUT2D eigenvalue weighted by Crippen LogP contribution is 2.34. The van der Waals surface area contributed by atoms with E-state index in [0.29, 0.717) is 5.92 Å². The molecule has 3 nitrogen and oxygen atoms in total. The third kappa shape index (κ3) is 2.47. The standard InChI is InChI=1S/C15H17BrN2O/c1-18-13(11-5-3-2-4-6-11)14(16)17-15(18)12-7-9-19-10-8-12/h2-6,12H,7-10H2,1H3. The molecule has 2 aromatic rings. The molecular weight excluding hydrogens is 304 g/mol. The van der Waals surface area contributed by atoms with Crippen LogP contribution >= 0.6 is 15.9 Å². The van der Waals surface area contributed by atoms with Crippen molar-refractivity contribution in [2.24, 2.45) is 7.05 Å². The predicted octanol–water partition coefficient (Wildman–Crippen LogP) is 3.74. The van der Waals surface area contributed by atoms with Gasteiger partial charge in [0.25, 0.3) is 0 Å². The van der Waals surface area contributed by atoms with Gasteiger partial charge in [-0.15, -0.1) is 0 Å². The number of halogens is 1. The normalized spacial score (nSPS) is 16.7. The maximum absolute atomic E-state index is 5.43. The molecular formula is C15H17BrN2O. The number of rotatable bonds is 2. The summed E-state index contributed by atoms with van der Waals surface area (Å²) in [7, 11) is 2.10. The molecule has 0 spiro atoms. The van der Waals surface area contributed by atoms with Gasteiger partial charge in [0.1, 0.15) is 10.4 Å². The van der Waals surface area contributed by atoms with Crippen molar-refractivity contribution in [3.8, 4) is 11.3 Å². The third-order valence-electron chi connectivity index (χ3n) is 3.72. The van der Waals surface area contributed by atoms with Gasteiger partial charge in [0, 0.05) is 31.7 Å². The van der Waals surface area contributed by atoms with Gasteiger partial charge in [0.15, 0.2) is 0 Å². The second kappa shape index (κ2) is 5.47. The monoisotopic (exact) mass is 320 g/mol. The summed E-state index contributed by atoms with van der Waals surface area (Å²) < 4.78 is 8.58. The number of hydrogen-bond donors (Lipinski definition) is 0. The van der Waals surface area contributed by atoms with Crippen molar-refractivity contribution >= 4 is 15.9 Å². The van der Waals surface area contributed by atoms with Crippen molar-refractivity contribution in [1.29, 1.82) is 0 Å². The topological polar surface area (TPSA) is 27.1 Å². The smallest absolute Gasteiger partial charge is 0.132 e. The summed E-state index contributed by atoms with van der Waals surface area (Å²) in [4.78, 5) is 4.73. The van der Waals surface area contributed by atoms with Crippen molar-refractivity contribution in [2.75, 3.05) is 13.2 Å². The second-order valence-corrected chi connectivity index (χ2v) is 5.67. The lowest BCUT2D eigenvalue weighted by Crippen LogP contribution is -2.17. The van der Waals surface area contributed by atoms with Crippen LogP contribution in [-0.2, 0) is 11.8 Å². The zero-order valence-electron chi connectivity index (χ0n) is 11.0. The highest BCUT2D eigenvalue weighted by molar-refractivity contribution is 9.10. The number of benzene rings is 1. The summed E-state index contributed by atoms with van der Waals surface area (Å²) in [6.07, 6.45) is 2.12. The summed E-state index contributed by atoms with van der Waals surface area (Å²) in [5, 5.41) is 0. The molecule has 0 bridgehead atoms. The van der Waals surface area contributed by atoms with Crippen molar-refractivity contribution in [2.45, 2.75) is 18.8 Å². The van der Waals surface area contributed by atoms with Crippen LogP contribution in [0.3, 0.4) is 0 Å². The lowest BCUT2D eigenvalue weighted by molar-refractivity contribution is 0.0830. The van der Waals surface area contributed by atoms with E-state index in [1.807, 2.05) is 6.07 Å². The molecule has 0 aliphatic carbocycles. The molecule has 0 unspecified atom stereocenters. The number of imidazole rings is 1. The van der Waals surface area contributed by atoms with Gasteiger partial charge < -0.3 is 9.30 Å². The Labute approximate surface area is 121 Å². The third-order valence-corrected chi connectivity index (χ3v) is 4.27. The Hall–Kier alpha value is -1.13. The first-order valence-electron chi connectivity index (χ1n) is 6.62. The first-order chi connectivity index (χ1) is 9.27. The molecule has 1 aromatic carbocycles. The summed E-state index contributed by atoms with van der Waals surface area (Å²) in [5.41, 5.74) is 2.35. The van der Waals surface area contributed by atoms with Crippen LogP contribution < -0.4 is 0 Å². The molecule has 0 atom stereocenters. The minimum absolute atomic E-state index is 0.507. The maximum atomic E-state index is 5.43. The molecule has 0 saturated carbocycles. The van der Waals surface area contributed by atoms with E-state index >= 15 is 0 Å².